The third kappa shape index (κ3) is 2.33. The molecular formula is C25H27Si3. The minimum absolute atomic E-state index is 0.463. The standard InChI is InChI=1S/C25H27Si3/c1-26-27(2,3)22-16-14-18-10-6-8-12-20(18)24(22)25-21-13-9-7-11-19(21)15-17-23(25)28(26,4)5/h6-17H,1-5H3. The van der Waals surface area contributed by atoms with Crippen molar-refractivity contribution >= 4 is 54.9 Å². The summed E-state index contributed by atoms with van der Waals surface area (Å²) in [5.41, 5.74) is 3.12. The molecule has 139 valence electrons. The van der Waals surface area contributed by atoms with E-state index in [2.05, 4.69) is 106 Å². The zero-order chi connectivity index (χ0) is 19.7. The Bertz CT molecular complexity index is 1140. The van der Waals surface area contributed by atoms with Crippen LogP contribution in [0.15, 0.2) is 72.8 Å². The fourth-order valence-corrected chi connectivity index (χ4v) is 35.3. The van der Waals surface area contributed by atoms with Gasteiger partial charge in [-0.15, -0.1) is 0 Å². The van der Waals surface area contributed by atoms with Crippen molar-refractivity contribution in [3.8, 4) is 11.1 Å². The molecule has 0 aromatic heterocycles. The summed E-state index contributed by atoms with van der Waals surface area (Å²) in [6.45, 7) is 13.3. The molecule has 0 N–H and O–H groups in total. The van der Waals surface area contributed by atoms with E-state index in [1.54, 1.807) is 21.5 Å². The lowest BCUT2D eigenvalue weighted by Gasteiger charge is -2.38. The van der Waals surface area contributed by atoms with Gasteiger partial charge in [-0.05, 0) is 32.7 Å². The largest absolute Gasteiger partial charge is 0.0744 e. The maximum absolute atomic E-state index is 2.66. The van der Waals surface area contributed by atoms with Gasteiger partial charge in [-0.2, -0.15) is 0 Å². The molecule has 5 rings (SSSR count). The summed E-state index contributed by atoms with van der Waals surface area (Å²) in [4.78, 5) is 0. The van der Waals surface area contributed by atoms with E-state index in [1.165, 1.54) is 21.5 Å². The highest BCUT2D eigenvalue weighted by molar-refractivity contribution is 7.66. The van der Waals surface area contributed by atoms with Crippen LogP contribution >= 0.6 is 0 Å². The van der Waals surface area contributed by atoms with Crippen LogP contribution in [0.5, 0.6) is 0 Å². The van der Waals surface area contributed by atoms with E-state index in [9.17, 15) is 0 Å². The maximum atomic E-state index is 2.66. The van der Waals surface area contributed by atoms with Gasteiger partial charge in [-0.3, -0.25) is 0 Å². The van der Waals surface area contributed by atoms with Crippen LogP contribution in [0.1, 0.15) is 0 Å². The number of hydrogen-bond donors (Lipinski definition) is 0. The van der Waals surface area contributed by atoms with Crippen LogP contribution in [0.4, 0.5) is 0 Å². The van der Waals surface area contributed by atoms with E-state index in [-0.39, 0.29) is 0 Å². The lowest BCUT2D eigenvalue weighted by molar-refractivity contribution is 1.71. The number of hydrogen-bond acceptors (Lipinski definition) is 0. The van der Waals surface area contributed by atoms with Crippen molar-refractivity contribution in [3.05, 3.63) is 72.8 Å². The summed E-state index contributed by atoms with van der Waals surface area (Å²) in [6, 6.07) is 27.8. The van der Waals surface area contributed by atoms with Gasteiger partial charge in [-0.1, -0.05) is 116 Å². The van der Waals surface area contributed by atoms with E-state index in [0.717, 1.165) is 0 Å². The van der Waals surface area contributed by atoms with Crippen molar-refractivity contribution in [3.63, 3.8) is 0 Å². The highest BCUT2D eigenvalue weighted by Crippen LogP contribution is 2.38. The molecule has 1 radical (unpaired) electrons. The molecule has 0 saturated heterocycles. The Morgan fingerprint density at radius 2 is 0.929 bits per heavy atom. The highest BCUT2D eigenvalue weighted by Gasteiger charge is 2.48. The molecule has 1 aliphatic rings. The van der Waals surface area contributed by atoms with E-state index < -0.39 is 23.0 Å². The Balaban J connectivity index is 2.09. The lowest BCUT2D eigenvalue weighted by atomic mass is 9.93. The first kappa shape index (κ1) is 18.1. The summed E-state index contributed by atoms with van der Waals surface area (Å²) < 4.78 is 0. The number of fused-ring (bicyclic) bond motifs is 7. The quantitative estimate of drug-likeness (QED) is 0.321. The second-order valence-corrected chi connectivity index (χ2v) is 31.6. The molecule has 1 heterocycles. The Morgan fingerprint density at radius 1 is 0.536 bits per heavy atom. The summed E-state index contributed by atoms with van der Waals surface area (Å²) in [6.07, 6.45) is 0. The molecule has 0 atom stereocenters. The SMILES string of the molecule is C[Si]1[Si](C)(C)c2ccc3ccccc3c2-c2c(ccc3ccccc23)[Si]1(C)C. The summed E-state index contributed by atoms with van der Waals surface area (Å²) in [7, 11) is -3.54. The van der Waals surface area contributed by atoms with Gasteiger partial charge in [0, 0.05) is 7.83 Å². The predicted octanol–water partition coefficient (Wildman–Crippen LogP) is 5.79. The third-order valence-electron chi connectivity index (χ3n) is 7.33. The summed E-state index contributed by atoms with van der Waals surface area (Å²) in [5.74, 6) is 0. The zero-order valence-corrected chi connectivity index (χ0v) is 20.4. The van der Waals surface area contributed by atoms with Crippen LogP contribution in [-0.4, -0.2) is 23.0 Å². The Hall–Kier alpha value is -1.95. The molecule has 1 aliphatic heterocycles. The van der Waals surface area contributed by atoms with E-state index in [4.69, 9.17) is 0 Å². The van der Waals surface area contributed by atoms with Crippen molar-refractivity contribution in [1.82, 2.24) is 0 Å². The summed E-state index contributed by atoms with van der Waals surface area (Å²) in [5, 5.41) is 9.02. The van der Waals surface area contributed by atoms with Crippen LogP contribution in [-0.2, 0) is 0 Å². The van der Waals surface area contributed by atoms with Crippen LogP contribution in [0.2, 0.25) is 32.7 Å². The molecule has 0 amide bonds. The third-order valence-corrected chi connectivity index (χ3v) is 38.7. The van der Waals surface area contributed by atoms with Crippen molar-refractivity contribution in [2.75, 3.05) is 0 Å². The van der Waals surface area contributed by atoms with E-state index >= 15 is 0 Å². The minimum Gasteiger partial charge on any atom is -0.0744 e. The zero-order valence-electron chi connectivity index (χ0n) is 17.4. The number of rotatable bonds is 0. The average molecular weight is 412 g/mol. The topological polar surface area (TPSA) is 0 Å². The molecule has 0 nitrogen and oxygen atoms in total. The predicted molar refractivity (Wildman–Crippen MR) is 133 cm³/mol. The molecule has 4 aromatic rings. The van der Waals surface area contributed by atoms with Crippen LogP contribution in [0.25, 0.3) is 32.7 Å². The summed E-state index contributed by atoms with van der Waals surface area (Å²) >= 11 is 0. The van der Waals surface area contributed by atoms with Gasteiger partial charge < -0.3 is 0 Å². The fourth-order valence-electron chi connectivity index (χ4n) is 5.31. The molecule has 0 aliphatic carbocycles. The van der Waals surface area contributed by atoms with E-state index in [1.807, 2.05) is 0 Å². The van der Waals surface area contributed by atoms with Gasteiger partial charge in [0.25, 0.3) is 0 Å². The Labute approximate surface area is 171 Å². The van der Waals surface area contributed by atoms with Crippen molar-refractivity contribution < 1.29 is 0 Å². The van der Waals surface area contributed by atoms with Gasteiger partial charge >= 0.3 is 0 Å². The molecule has 0 spiro atoms. The van der Waals surface area contributed by atoms with Gasteiger partial charge in [0.2, 0.25) is 0 Å². The Kier molecular flexibility index (Phi) is 3.89. The normalized spacial score (nSPS) is 17.9. The first-order valence-electron chi connectivity index (χ1n) is 10.2. The molecule has 0 saturated carbocycles. The van der Waals surface area contributed by atoms with Crippen LogP contribution < -0.4 is 10.4 Å². The molecular weight excluding hydrogens is 385 g/mol. The molecule has 3 heteroatoms. The van der Waals surface area contributed by atoms with Crippen LogP contribution in [0, 0.1) is 0 Å². The van der Waals surface area contributed by atoms with Gasteiger partial charge in [0.1, 0.15) is 0 Å². The van der Waals surface area contributed by atoms with Crippen molar-refractivity contribution in [1.29, 1.82) is 0 Å². The molecule has 0 bridgehead atoms. The molecule has 4 aromatic carbocycles. The second kappa shape index (κ2) is 6.02. The van der Waals surface area contributed by atoms with E-state index in [0.29, 0.717) is 0 Å². The smallest absolute Gasteiger partial charge is 0.0700 e. The molecule has 0 unspecified atom stereocenters. The average Bonchev–Trinajstić information content (AvgIpc) is 2.75. The molecule has 28 heavy (non-hydrogen) atoms. The molecule has 0 fully saturated rings. The maximum Gasteiger partial charge on any atom is 0.0700 e. The van der Waals surface area contributed by atoms with Crippen molar-refractivity contribution in [2.24, 2.45) is 0 Å². The minimum atomic E-state index is -1.54. The Morgan fingerprint density at radius 3 is 1.36 bits per heavy atom. The number of benzene rings is 4. The van der Waals surface area contributed by atoms with Gasteiger partial charge in [0.15, 0.2) is 0 Å². The lowest BCUT2D eigenvalue weighted by Crippen LogP contribution is -2.68. The van der Waals surface area contributed by atoms with Gasteiger partial charge in [0.05, 0.1) is 15.2 Å². The van der Waals surface area contributed by atoms with Gasteiger partial charge in [-0.25, -0.2) is 0 Å². The first-order chi connectivity index (χ1) is 13.3. The van der Waals surface area contributed by atoms with Crippen molar-refractivity contribution in [2.45, 2.75) is 32.7 Å². The second-order valence-electron chi connectivity index (χ2n) is 9.29. The van der Waals surface area contributed by atoms with Crippen LogP contribution in [0.3, 0.4) is 0 Å². The monoisotopic (exact) mass is 411 g/mol. The first-order valence-corrected chi connectivity index (χ1v) is 20.2. The fraction of sp³-hybridized carbons (Fsp3) is 0.200. The highest BCUT2D eigenvalue weighted by atomic mass is 29.6.